The zero-order chi connectivity index (χ0) is 13.8. The number of carbonyl (C=O) groups excluding carboxylic acids is 1. The van der Waals surface area contributed by atoms with Crippen LogP contribution in [0.5, 0.6) is 5.75 Å². The first-order valence-electron chi connectivity index (χ1n) is 6.41. The Morgan fingerprint density at radius 2 is 2.32 bits per heavy atom. The molecule has 104 valence electrons. The lowest BCUT2D eigenvalue weighted by Crippen LogP contribution is -2.37. The van der Waals surface area contributed by atoms with Gasteiger partial charge in [-0.1, -0.05) is 0 Å². The molecule has 1 saturated carbocycles. The van der Waals surface area contributed by atoms with Crippen molar-refractivity contribution in [3.05, 3.63) is 29.6 Å². The predicted octanol–water partition coefficient (Wildman–Crippen LogP) is 1.73. The van der Waals surface area contributed by atoms with Crippen LogP contribution >= 0.6 is 0 Å². The number of rotatable bonds is 6. The van der Waals surface area contributed by atoms with Crippen LogP contribution in [0.15, 0.2) is 18.2 Å². The van der Waals surface area contributed by atoms with E-state index in [1.807, 2.05) is 0 Å². The Hall–Kier alpha value is -1.62. The average molecular weight is 267 g/mol. The quantitative estimate of drug-likeness (QED) is 0.825. The first kappa shape index (κ1) is 13.8. The van der Waals surface area contributed by atoms with E-state index >= 15 is 0 Å². The molecular formula is C14H18FNO3. The molecule has 1 unspecified atom stereocenters. The van der Waals surface area contributed by atoms with Crippen molar-refractivity contribution in [2.24, 2.45) is 5.92 Å². The molecule has 0 aromatic heterocycles. The standard InChI is InChI=1S/C14H18FNO3/c1-19-13-5-4-10(8-11(13)15)14(18)16-12(6-7-17)9-2-3-9/h4-5,8-9,12,17H,2-3,6-7H2,1H3,(H,16,18). The van der Waals surface area contributed by atoms with E-state index in [1.165, 1.54) is 19.2 Å². The molecule has 0 spiro atoms. The van der Waals surface area contributed by atoms with Crippen molar-refractivity contribution in [2.75, 3.05) is 13.7 Å². The van der Waals surface area contributed by atoms with Crippen LogP contribution < -0.4 is 10.1 Å². The van der Waals surface area contributed by atoms with E-state index in [2.05, 4.69) is 5.32 Å². The van der Waals surface area contributed by atoms with E-state index in [4.69, 9.17) is 9.84 Å². The summed E-state index contributed by atoms with van der Waals surface area (Å²) in [6.45, 7) is 0.0401. The van der Waals surface area contributed by atoms with E-state index in [-0.39, 0.29) is 29.9 Å². The van der Waals surface area contributed by atoms with Crippen LogP contribution in [0.4, 0.5) is 4.39 Å². The molecule has 0 radical (unpaired) electrons. The van der Waals surface area contributed by atoms with Gasteiger partial charge in [0.25, 0.3) is 5.91 Å². The van der Waals surface area contributed by atoms with Crippen molar-refractivity contribution in [2.45, 2.75) is 25.3 Å². The van der Waals surface area contributed by atoms with Crippen LogP contribution in [0.2, 0.25) is 0 Å². The third-order valence-electron chi connectivity index (χ3n) is 3.36. The second-order valence-corrected chi connectivity index (χ2v) is 4.78. The second-order valence-electron chi connectivity index (χ2n) is 4.78. The lowest BCUT2D eigenvalue weighted by Gasteiger charge is -2.17. The van der Waals surface area contributed by atoms with Gasteiger partial charge < -0.3 is 15.2 Å². The van der Waals surface area contributed by atoms with Gasteiger partial charge in [-0.2, -0.15) is 0 Å². The normalized spacial score (nSPS) is 15.9. The maximum absolute atomic E-state index is 13.5. The van der Waals surface area contributed by atoms with Gasteiger partial charge in [0, 0.05) is 18.2 Å². The zero-order valence-corrected chi connectivity index (χ0v) is 10.9. The molecule has 1 fully saturated rings. The van der Waals surface area contributed by atoms with Crippen molar-refractivity contribution in [1.82, 2.24) is 5.32 Å². The van der Waals surface area contributed by atoms with Gasteiger partial charge in [-0.15, -0.1) is 0 Å². The molecule has 19 heavy (non-hydrogen) atoms. The largest absolute Gasteiger partial charge is 0.494 e. The van der Waals surface area contributed by atoms with Gasteiger partial charge in [0.2, 0.25) is 0 Å². The number of hydrogen-bond acceptors (Lipinski definition) is 3. The minimum Gasteiger partial charge on any atom is -0.494 e. The summed E-state index contributed by atoms with van der Waals surface area (Å²) in [6, 6.07) is 4.10. The van der Waals surface area contributed by atoms with Crippen LogP contribution in [0.1, 0.15) is 29.6 Å². The number of amides is 1. The summed E-state index contributed by atoms with van der Waals surface area (Å²) in [5.74, 6) is -0.308. The Morgan fingerprint density at radius 1 is 1.58 bits per heavy atom. The highest BCUT2D eigenvalue weighted by molar-refractivity contribution is 5.94. The van der Waals surface area contributed by atoms with Crippen LogP contribution in [0.25, 0.3) is 0 Å². The number of aliphatic hydroxyl groups excluding tert-OH is 1. The van der Waals surface area contributed by atoms with Crippen molar-refractivity contribution < 1.29 is 19.0 Å². The van der Waals surface area contributed by atoms with E-state index in [1.54, 1.807) is 0 Å². The molecule has 2 rings (SSSR count). The molecular weight excluding hydrogens is 249 g/mol. The molecule has 1 aromatic rings. The van der Waals surface area contributed by atoms with Gasteiger partial charge in [0.05, 0.1) is 7.11 Å². The Bertz CT molecular complexity index is 460. The number of methoxy groups -OCH3 is 1. The Labute approximate surface area is 111 Å². The molecule has 1 amide bonds. The average Bonchev–Trinajstić information content (AvgIpc) is 3.22. The van der Waals surface area contributed by atoms with Crippen molar-refractivity contribution in [3.8, 4) is 5.75 Å². The fourth-order valence-corrected chi connectivity index (χ4v) is 2.12. The highest BCUT2D eigenvalue weighted by Crippen LogP contribution is 2.34. The Balaban J connectivity index is 2.04. The summed E-state index contributed by atoms with van der Waals surface area (Å²) in [5.41, 5.74) is 0.266. The Kier molecular flexibility index (Phi) is 4.37. The molecule has 0 heterocycles. The van der Waals surface area contributed by atoms with Crippen molar-refractivity contribution >= 4 is 5.91 Å². The van der Waals surface area contributed by atoms with Crippen LogP contribution in [0, 0.1) is 11.7 Å². The molecule has 4 nitrogen and oxygen atoms in total. The minimum absolute atomic E-state index is 0.0253. The van der Waals surface area contributed by atoms with Crippen LogP contribution in [-0.2, 0) is 0 Å². The molecule has 0 aliphatic heterocycles. The lowest BCUT2D eigenvalue weighted by atomic mass is 10.1. The minimum atomic E-state index is -0.555. The number of halogens is 1. The van der Waals surface area contributed by atoms with Crippen molar-refractivity contribution in [1.29, 1.82) is 0 Å². The third-order valence-corrected chi connectivity index (χ3v) is 3.36. The van der Waals surface area contributed by atoms with Gasteiger partial charge in [0.1, 0.15) is 0 Å². The first-order chi connectivity index (χ1) is 9.15. The molecule has 0 bridgehead atoms. The van der Waals surface area contributed by atoms with Crippen LogP contribution in [0.3, 0.4) is 0 Å². The summed E-state index contributed by atoms with van der Waals surface area (Å²) < 4.78 is 18.3. The summed E-state index contributed by atoms with van der Waals surface area (Å²) in [5, 5.41) is 11.8. The van der Waals surface area contributed by atoms with Crippen molar-refractivity contribution in [3.63, 3.8) is 0 Å². The summed E-state index contributed by atoms with van der Waals surface area (Å²) in [7, 11) is 1.38. The molecule has 5 heteroatoms. The van der Waals surface area contributed by atoms with E-state index in [0.717, 1.165) is 18.9 Å². The highest BCUT2D eigenvalue weighted by Gasteiger charge is 2.32. The van der Waals surface area contributed by atoms with E-state index in [9.17, 15) is 9.18 Å². The molecule has 1 atom stereocenters. The highest BCUT2D eigenvalue weighted by atomic mass is 19.1. The maximum Gasteiger partial charge on any atom is 0.251 e. The summed E-state index contributed by atoms with van der Waals surface area (Å²) >= 11 is 0. The molecule has 1 aromatic carbocycles. The predicted molar refractivity (Wildman–Crippen MR) is 68.6 cm³/mol. The number of aliphatic hydroxyl groups is 1. The Morgan fingerprint density at radius 3 is 2.84 bits per heavy atom. The monoisotopic (exact) mass is 267 g/mol. The number of nitrogens with one attached hydrogen (secondary N) is 1. The smallest absolute Gasteiger partial charge is 0.251 e. The molecule has 1 aliphatic rings. The van der Waals surface area contributed by atoms with Gasteiger partial charge in [-0.3, -0.25) is 4.79 Å². The van der Waals surface area contributed by atoms with Gasteiger partial charge >= 0.3 is 0 Å². The van der Waals surface area contributed by atoms with Gasteiger partial charge in [0.15, 0.2) is 11.6 Å². The molecule has 2 N–H and O–H groups in total. The van der Waals surface area contributed by atoms with Crippen LogP contribution in [-0.4, -0.2) is 30.8 Å². The second kappa shape index (κ2) is 6.02. The zero-order valence-electron chi connectivity index (χ0n) is 10.9. The van der Waals surface area contributed by atoms with Gasteiger partial charge in [-0.25, -0.2) is 4.39 Å². The lowest BCUT2D eigenvalue weighted by molar-refractivity contribution is 0.0923. The number of hydrogen-bond donors (Lipinski definition) is 2. The van der Waals surface area contributed by atoms with E-state index in [0.29, 0.717) is 12.3 Å². The number of ether oxygens (including phenoxy) is 1. The van der Waals surface area contributed by atoms with Gasteiger partial charge in [-0.05, 0) is 43.4 Å². The summed E-state index contributed by atoms with van der Waals surface area (Å²) in [4.78, 5) is 12.0. The van der Waals surface area contributed by atoms with E-state index < -0.39 is 5.82 Å². The topological polar surface area (TPSA) is 58.6 Å². The fraction of sp³-hybridized carbons (Fsp3) is 0.500. The first-order valence-corrected chi connectivity index (χ1v) is 6.41. The summed E-state index contributed by atoms with van der Waals surface area (Å²) in [6.07, 6.45) is 2.68. The molecule has 0 saturated heterocycles. The maximum atomic E-state index is 13.5. The molecule has 1 aliphatic carbocycles. The SMILES string of the molecule is COc1ccc(C(=O)NC(CCO)C2CC2)cc1F. The number of carbonyl (C=O) groups is 1. The third kappa shape index (κ3) is 3.44. The fourth-order valence-electron chi connectivity index (χ4n) is 2.12. The number of benzene rings is 1.